The highest BCUT2D eigenvalue weighted by Gasteiger charge is 2.23. The number of amides is 1. The van der Waals surface area contributed by atoms with Crippen LogP contribution in [0.15, 0.2) is 29.2 Å². The summed E-state index contributed by atoms with van der Waals surface area (Å²) in [4.78, 5) is 12.0. The first-order chi connectivity index (χ1) is 10.2. The van der Waals surface area contributed by atoms with Crippen molar-refractivity contribution in [2.45, 2.75) is 31.7 Å². The standard InChI is InChI=1S/C15H24N2O4S/c1-11(2)12(3)16-15(18)10-17(4)22(19,20)14-8-6-13(21-5)7-9-14/h6-9,11-12H,10H2,1-5H3,(H,16,18). The lowest BCUT2D eigenvalue weighted by molar-refractivity contribution is -0.122. The molecule has 1 rings (SSSR count). The average molecular weight is 328 g/mol. The number of hydrogen-bond donors (Lipinski definition) is 1. The number of benzene rings is 1. The molecule has 0 aliphatic heterocycles. The molecule has 1 amide bonds. The number of likely N-dealkylation sites (N-methyl/N-ethyl adjacent to an activating group) is 1. The quantitative estimate of drug-likeness (QED) is 0.822. The third-order valence-electron chi connectivity index (χ3n) is 3.52. The Hall–Kier alpha value is -1.60. The highest BCUT2D eigenvalue weighted by molar-refractivity contribution is 7.89. The fourth-order valence-electron chi connectivity index (χ4n) is 1.68. The molecule has 0 saturated heterocycles. The number of nitrogens with one attached hydrogen (secondary N) is 1. The number of hydrogen-bond acceptors (Lipinski definition) is 4. The van der Waals surface area contributed by atoms with Crippen LogP contribution in [0.25, 0.3) is 0 Å². The van der Waals surface area contributed by atoms with Gasteiger partial charge in [0, 0.05) is 13.1 Å². The van der Waals surface area contributed by atoms with Crippen LogP contribution in [0.1, 0.15) is 20.8 Å². The molecule has 0 aliphatic rings. The van der Waals surface area contributed by atoms with Crippen molar-refractivity contribution in [3.8, 4) is 5.75 Å². The zero-order valence-electron chi connectivity index (χ0n) is 13.7. The largest absolute Gasteiger partial charge is 0.497 e. The predicted octanol–water partition coefficient (Wildman–Crippen LogP) is 1.48. The predicted molar refractivity (Wildman–Crippen MR) is 85.3 cm³/mol. The maximum atomic E-state index is 12.4. The minimum absolute atomic E-state index is 0.00964. The Kier molecular flexibility index (Phi) is 6.37. The SMILES string of the molecule is COc1ccc(S(=O)(=O)N(C)CC(=O)NC(C)C(C)C)cc1. The van der Waals surface area contributed by atoms with Gasteiger partial charge in [0.1, 0.15) is 5.75 Å². The Morgan fingerprint density at radius 1 is 1.23 bits per heavy atom. The molecule has 0 spiro atoms. The number of ether oxygens (including phenoxy) is 1. The van der Waals surface area contributed by atoms with E-state index < -0.39 is 10.0 Å². The van der Waals surface area contributed by atoms with Gasteiger partial charge >= 0.3 is 0 Å². The molecule has 124 valence electrons. The summed E-state index contributed by atoms with van der Waals surface area (Å²) in [5, 5.41) is 2.79. The number of carbonyl (C=O) groups is 1. The van der Waals surface area contributed by atoms with Crippen LogP contribution in [0.4, 0.5) is 0 Å². The maximum Gasteiger partial charge on any atom is 0.243 e. The van der Waals surface area contributed by atoms with Gasteiger partial charge in [-0.3, -0.25) is 4.79 Å². The van der Waals surface area contributed by atoms with Gasteiger partial charge in [-0.15, -0.1) is 0 Å². The van der Waals surface area contributed by atoms with E-state index in [0.717, 1.165) is 4.31 Å². The van der Waals surface area contributed by atoms with Crippen molar-refractivity contribution in [3.05, 3.63) is 24.3 Å². The van der Waals surface area contributed by atoms with Crippen molar-refractivity contribution in [3.63, 3.8) is 0 Å². The van der Waals surface area contributed by atoms with Crippen LogP contribution in [0.2, 0.25) is 0 Å². The van der Waals surface area contributed by atoms with Crippen LogP contribution in [0.3, 0.4) is 0 Å². The van der Waals surface area contributed by atoms with Gasteiger partial charge in [0.25, 0.3) is 0 Å². The van der Waals surface area contributed by atoms with E-state index in [-0.39, 0.29) is 29.3 Å². The molecule has 1 atom stereocenters. The van der Waals surface area contributed by atoms with E-state index in [0.29, 0.717) is 5.75 Å². The van der Waals surface area contributed by atoms with Crippen LogP contribution in [0, 0.1) is 5.92 Å². The lowest BCUT2D eigenvalue weighted by Crippen LogP contribution is -2.43. The molecule has 0 aromatic heterocycles. The molecule has 1 unspecified atom stereocenters. The molecule has 0 fully saturated rings. The number of methoxy groups -OCH3 is 1. The Morgan fingerprint density at radius 3 is 2.23 bits per heavy atom. The minimum Gasteiger partial charge on any atom is -0.497 e. The molecule has 1 N–H and O–H groups in total. The topological polar surface area (TPSA) is 75.7 Å². The van der Waals surface area contributed by atoms with Gasteiger partial charge < -0.3 is 10.1 Å². The summed E-state index contributed by atoms with van der Waals surface area (Å²) in [6, 6.07) is 6.05. The molecular weight excluding hydrogens is 304 g/mol. The number of rotatable bonds is 7. The second-order valence-electron chi connectivity index (χ2n) is 5.54. The van der Waals surface area contributed by atoms with Gasteiger partial charge in [0.15, 0.2) is 0 Å². The van der Waals surface area contributed by atoms with Gasteiger partial charge in [-0.1, -0.05) is 13.8 Å². The Bertz CT molecular complexity index is 596. The van der Waals surface area contributed by atoms with E-state index in [2.05, 4.69) is 5.32 Å². The number of nitrogens with zero attached hydrogens (tertiary/aromatic N) is 1. The monoisotopic (exact) mass is 328 g/mol. The van der Waals surface area contributed by atoms with Crippen molar-refractivity contribution in [2.75, 3.05) is 20.7 Å². The molecule has 6 nitrogen and oxygen atoms in total. The zero-order chi connectivity index (χ0) is 16.9. The van der Waals surface area contributed by atoms with E-state index in [1.807, 2.05) is 20.8 Å². The van der Waals surface area contributed by atoms with E-state index >= 15 is 0 Å². The van der Waals surface area contributed by atoms with Crippen LogP contribution >= 0.6 is 0 Å². The number of carbonyl (C=O) groups excluding carboxylic acids is 1. The fraction of sp³-hybridized carbons (Fsp3) is 0.533. The molecule has 7 heteroatoms. The van der Waals surface area contributed by atoms with E-state index in [1.54, 1.807) is 12.1 Å². The van der Waals surface area contributed by atoms with E-state index in [9.17, 15) is 13.2 Å². The highest BCUT2D eigenvalue weighted by atomic mass is 32.2. The van der Waals surface area contributed by atoms with Gasteiger partial charge in [-0.2, -0.15) is 4.31 Å². The second-order valence-corrected chi connectivity index (χ2v) is 7.58. The highest BCUT2D eigenvalue weighted by Crippen LogP contribution is 2.18. The fourth-order valence-corrected chi connectivity index (χ4v) is 2.81. The lowest BCUT2D eigenvalue weighted by Gasteiger charge is -2.21. The summed E-state index contributed by atoms with van der Waals surface area (Å²) in [5.74, 6) is 0.540. The summed E-state index contributed by atoms with van der Waals surface area (Å²) in [6.07, 6.45) is 0. The third kappa shape index (κ3) is 4.71. The summed E-state index contributed by atoms with van der Waals surface area (Å²) in [5.41, 5.74) is 0. The average Bonchev–Trinajstić information content (AvgIpc) is 2.46. The molecule has 22 heavy (non-hydrogen) atoms. The molecule has 0 heterocycles. The molecular formula is C15H24N2O4S. The summed E-state index contributed by atoms with van der Waals surface area (Å²) in [6.45, 7) is 5.65. The molecule has 0 radical (unpaired) electrons. The maximum absolute atomic E-state index is 12.4. The first kappa shape index (κ1) is 18.4. The van der Waals surface area contributed by atoms with Gasteiger partial charge in [0.05, 0.1) is 18.6 Å². The van der Waals surface area contributed by atoms with Crippen molar-refractivity contribution in [2.24, 2.45) is 5.92 Å². The van der Waals surface area contributed by atoms with E-state index in [1.165, 1.54) is 26.3 Å². The van der Waals surface area contributed by atoms with Gasteiger partial charge in [-0.25, -0.2) is 8.42 Å². The molecule has 0 saturated carbocycles. The van der Waals surface area contributed by atoms with Crippen LogP contribution in [-0.2, 0) is 14.8 Å². The molecule has 0 aliphatic carbocycles. The van der Waals surface area contributed by atoms with Crippen LogP contribution < -0.4 is 10.1 Å². The summed E-state index contributed by atoms with van der Waals surface area (Å²) < 4.78 is 30.8. The molecule has 1 aromatic carbocycles. The smallest absolute Gasteiger partial charge is 0.243 e. The molecule has 1 aromatic rings. The van der Waals surface area contributed by atoms with Gasteiger partial charge in [-0.05, 0) is 37.1 Å². The summed E-state index contributed by atoms with van der Waals surface area (Å²) in [7, 11) is -0.800. The van der Waals surface area contributed by atoms with Crippen molar-refractivity contribution < 1.29 is 17.9 Å². The Balaban J connectivity index is 2.77. The zero-order valence-corrected chi connectivity index (χ0v) is 14.5. The number of sulfonamides is 1. The minimum atomic E-state index is -3.70. The lowest BCUT2D eigenvalue weighted by atomic mass is 10.1. The van der Waals surface area contributed by atoms with E-state index in [4.69, 9.17) is 4.74 Å². The first-order valence-electron chi connectivity index (χ1n) is 7.08. The van der Waals surface area contributed by atoms with Crippen LogP contribution in [0.5, 0.6) is 5.75 Å². The van der Waals surface area contributed by atoms with Gasteiger partial charge in [0.2, 0.25) is 15.9 Å². The first-order valence-corrected chi connectivity index (χ1v) is 8.52. The Labute approximate surface area is 132 Å². The second kappa shape index (κ2) is 7.60. The van der Waals surface area contributed by atoms with Crippen molar-refractivity contribution in [1.29, 1.82) is 0 Å². The van der Waals surface area contributed by atoms with Crippen molar-refractivity contribution >= 4 is 15.9 Å². The van der Waals surface area contributed by atoms with Crippen LogP contribution in [-0.4, -0.2) is 45.4 Å². The molecule has 0 bridgehead atoms. The third-order valence-corrected chi connectivity index (χ3v) is 5.34. The summed E-state index contributed by atoms with van der Waals surface area (Å²) >= 11 is 0. The normalized spacial score (nSPS) is 13.2. The van der Waals surface area contributed by atoms with Crippen molar-refractivity contribution in [1.82, 2.24) is 9.62 Å². The Morgan fingerprint density at radius 2 is 1.77 bits per heavy atom.